The summed E-state index contributed by atoms with van der Waals surface area (Å²) in [5, 5.41) is 6.78. The summed E-state index contributed by atoms with van der Waals surface area (Å²) in [6.45, 7) is 1.59. The van der Waals surface area contributed by atoms with Crippen molar-refractivity contribution in [3.63, 3.8) is 0 Å². The summed E-state index contributed by atoms with van der Waals surface area (Å²) < 4.78 is 32.6. The number of ether oxygens (including phenoxy) is 3. The number of carbonyl (C=O) groups is 1. The molecule has 1 aliphatic carbocycles. The van der Waals surface area contributed by atoms with E-state index in [1.807, 2.05) is 24.3 Å². The van der Waals surface area contributed by atoms with Gasteiger partial charge in [-0.3, -0.25) is 4.79 Å². The second kappa shape index (κ2) is 8.06. The minimum Gasteiger partial charge on any atom is -0.369 e. The molecular formula is C21H26FN3O4. The Labute approximate surface area is 169 Å². The highest BCUT2D eigenvalue weighted by atomic mass is 19.1. The van der Waals surface area contributed by atoms with Crippen molar-refractivity contribution in [3.8, 4) is 0 Å². The molecular weight excluding hydrogens is 377 g/mol. The smallest absolute Gasteiger partial charge is 0.262 e. The summed E-state index contributed by atoms with van der Waals surface area (Å²) in [4.78, 5) is 12.8. The van der Waals surface area contributed by atoms with Crippen molar-refractivity contribution in [2.75, 3.05) is 26.6 Å². The third kappa shape index (κ3) is 3.71. The number of amides is 1. The second-order valence-corrected chi connectivity index (χ2v) is 7.07. The molecule has 156 valence electrons. The predicted octanol–water partition coefficient (Wildman–Crippen LogP) is 3.30. The molecule has 1 heterocycles. The Bertz CT molecular complexity index is 936. The van der Waals surface area contributed by atoms with Crippen molar-refractivity contribution in [3.05, 3.63) is 59.2 Å². The molecule has 3 rings (SSSR count). The standard InChI is InChI=1S/C21H26FN3O4/c1-14-17(18(22)25(2)24-14)19(26)23-16-10-7-6-9-15(16)20(27-3)11-8-12-21(13-20,28-4)29-5/h6-11H,12-13H2,1-5H3,(H,23,26). The zero-order chi connectivity index (χ0) is 21.2. The number of benzene rings is 1. The predicted molar refractivity (Wildman–Crippen MR) is 106 cm³/mol. The fourth-order valence-electron chi connectivity index (χ4n) is 3.82. The van der Waals surface area contributed by atoms with Crippen LogP contribution in [-0.4, -0.2) is 42.8 Å². The van der Waals surface area contributed by atoms with Crippen LogP contribution in [0, 0.1) is 12.9 Å². The molecule has 7 nitrogen and oxygen atoms in total. The van der Waals surface area contributed by atoms with Crippen LogP contribution in [0.25, 0.3) is 0 Å². The van der Waals surface area contributed by atoms with E-state index in [-0.39, 0.29) is 5.56 Å². The van der Waals surface area contributed by atoms with Gasteiger partial charge in [-0.05, 0) is 13.0 Å². The van der Waals surface area contributed by atoms with Crippen LogP contribution in [0.5, 0.6) is 0 Å². The SMILES string of the molecule is COC1(OC)CC=CC(OC)(c2ccccc2NC(=O)c2c(C)nn(C)c2F)C1. The van der Waals surface area contributed by atoms with E-state index < -0.39 is 23.2 Å². The maximum Gasteiger partial charge on any atom is 0.262 e. The first-order valence-electron chi connectivity index (χ1n) is 9.24. The zero-order valence-corrected chi connectivity index (χ0v) is 17.3. The third-order valence-corrected chi connectivity index (χ3v) is 5.47. The third-order valence-electron chi connectivity index (χ3n) is 5.47. The summed E-state index contributed by atoms with van der Waals surface area (Å²) in [7, 11) is 6.22. The Morgan fingerprint density at radius 2 is 1.90 bits per heavy atom. The minimum absolute atomic E-state index is 0.0870. The van der Waals surface area contributed by atoms with Crippen molar-refractivity contribution in [2.45, 2.75) is 31.2 Å². The van der Waals surface area contributed by atoms with Crippen molar-refractivity contribution in [1.29, 1.82) is 0 Å². The van der Waals surface area contributed by atoms with Crippen LogP contribution in [0.15, 0.2) is 36.4 Å². The lowest BCUT2D eigenvalue weighted by Gasteiger charge is -2.43. The number of hydrogen-bond acceptors (Lipinski definition) is 5. The number of aromatic nitrogens is 2. The van der Waals surface area contributed by atoms with E-state index in [0.717, 1.165) is 4.68 Å². The number of halogens is 1. The van der Waals surface area contributed by atoms with Crippen molar-refractivity contribution in [2.24, 2.45) is 7.05 Å². The normalized spacial score (nSPS) is 20.6. The van der Waals surface area contributed by atoms with Crippen molar-refractivity contribution < 1.29 is 23.4 Å². The van der Waals surface area contributed by atoms with E-state index in [0.29, 0.717) is 29.8 Å². The van der Waals surface area contributed by atoms with E-state index in [1.54, 1.807) is 40.4 Å². The Balaban J connectivity index is 2.01. The molecule has 0 saturated carbocycles. The molecule has 1 aliphatic rings. The van der Waals surface area contributed by atoms with Crippen molar-refractivity contribution >= 4 is 11.6 Å². The van der Waals surface area contributed by atoms with Gasteiger partial charge in [-0.25, -0.2) is 4.68 Å². The number of methoxy groups -OCH3 is 3. The number of anilines is 1. The lowest BCUT2D eigenvalue weighted by Crippen LogP contribution is -2.45. The summed E-state index contributed by atoms with van der Waals surface area (Å²) in [5.74, 6) is -2.11. The average molecular weight is 403 g/mol. The van der Waals surface area contributed by atoms with Gasteiger partial charge < -0.3 is 19.5 Å². The fraction of sp³-hybridized carbons (Fsp3) is 0.429. The number of nitrogens with one attached hydrogen (secondary N) is 1. The second-order valence-electron chi connectivity index (χ2n) is 7.07. The van der Waals surface area contributed by atoms with E-state index >= 15 is 0 Å². The molecule has 1 aromatic heterocycles. The van der Waals surface area contributed by atoms with Gasteiger partial charge in [-0.1, -0.05) is 30.4 Å². The van der Waals surface area contributed by atoms with Gasteiger partial charge >= 0.3 is 0 Å². The van der Waals surface area contributed by atoms with Crippen LogP contribution in [0.4, 0.5) is 10.1 Å². The first kappa shape index (κ1) is 21.2. The molecule has 29 heavy (non-hydrogen) atoms. The van der Waals surface area contributed by atoms with Crippen LogP contribution < -0.4 is 5.32 Å². The molecule has 0 bridgehead atoms. The van der Waals surface area contributed by atoms with Gasteiger partial charge in [0.1, 0.15) is 11.2 Å². The maximum atomic E-state index is 14.3. The Morgan fingerprint density at radius 1 is 1.21 bits per heavy atom. The van der Waals surface area contributed by atoms with Gasteiger partial charge in [0, 0.05) is 52.5 Å². The lowest BCUT2D eigenvalue weighted by atomic mass is 9.80. The average Bonchev–Trinajstić information content (AvgIpc) is 2.99. The van der Waals surface area contributed by atoms with E-state index in [9.17, 15) is 9.18 Å². The van der Waals surface area contributed by atoms with Gasteiger partial charge in [-0.15, -0.1) is 0 Å². The summed E-state index contributed by atoms with van der Waals surface area (Å²) in [5.41, 5.74) is 0.561. The minimum atomic E-state index is -0.892. The van der Waals surface area contributed by atoms with Gasteiger partial charge in [0.05, 0.1) is 5.69 Å². The quantitative estimate of drug-likeness (QED) is 0.592. The summed E-state index contributed by atoms with van der Waals surface area (Å²) in [6, 6.07) is 7.26. The highest BCUT2D eigenvalue weighted by molar-refractivity contribution is 6.05. The molecule has 0 spiro atoms. The van der Waals surface area contributed by atoms with Crippen molar-refractivity contribution in [1.82, 2.24) is 9.78 Å². The largest absolute Gasteiger partial charge is 0.369 e. The topological polar surface area (TPSA) is 74.6 Å². The molecule has 1 amide bonds. The van der Waals surface area contributed by atoms with Crippen LogP contribution in [0.1, 0.15) is 34.5 Å². The summed E-state index contributed by atoms with van der Waals surface area (Å²) in [6.07, 6.45) is 4.82. The number of rotatable bonds is 6. The maximum absolute atomic E-state index is 14.3. The summed E-state index contributed by atoms with van der Waals surface area (Å²) >= 11 is 0. The van der Waals surface area contributed by atoms with E-state index in [1.165, 1.54) is 7.05 Å². The molecule has 1 unspecified atom stereocenters. The lowest BCUT2D eigenvalue weighted by molar-refractivity contribution is -0.236. The van der Waals surface area contributed by atoms with Crippen LogP contribution in [0.3, 0.4) is 0 Å². The Morgan fingerprint density at radius 3 is 2.48 bits per heavy atom. The molecule has 0 aliphatic heterocycles. The molecule has 1 aromatic carbocycles. The molecule has 0 saturated heterocycles. The molecule has 2 aromatic rings. The van der Waals surface area contributed by atoms with Gasteiger partial charge in [0.2, 0.25) is 5.95 Å². The van der Waals surface area contributed by atoms with E-state index in [4.69, 9.17) is 14.2 Å². The zero-order valence-electron chi connectivity index (χ0n) is 17.3. The fourth-order valence-corrected chi connectivity index (χ4v) is 3.82. The molecule has 1 N–H and O–H groups in total. The molecule has 1 atom stereocenters. The first-order valence-corrected chi connectivity index (χ1v) is 9.24. The highest BCUT2D eigenvalue weighted by Crippen LogP contribution is 2.44. The number of nitrogens with zero attached hydrogens (tertiary/aromatic N) is 2. The van der Waals surface area contributed by atoms with Gasteiger partial charge in [-0.2, -0.15) is 9.49 Å². The molecule has 0 fully saturated rings. The number of carbonyl (C=O) groups excluding carboxylic acids is 1. The number of aryl methyl sites for hydroxylation is 2. The Kier molecular flexibility index (Phi) is 5.88. The monoisotopic (exact) mass is 403 g/mol. The van der Waals surface area contributed by atoms with E-state index in [2.05, 4.69) is 10.4 Å². The van der Waals surface area contributed by atoms with Gasteiger partial charge in [0.15, 0.2) is 5.79 Å². The Hall–Kier alpha value is -2.55. The van der Waals surface area contributed by atoms with Crippen LogP contribution in [0.2, 0.25) is 0 Å². The highest BCUT2D eigenvalue weighted by Gasteiger charge is 2.45. The first-order chi connectivity index (χ1) is 13.8. The number of hydrogen-bond donors (Lipinski definition) is 1. The van der Waals surface area contributed by atoms with Crippen LogP contribution >= 0.6 is 0 Å². The molecule has 0 radical (unpaired) electrons. The van der Waals surface area contributed by atoms with Gasteiger partial charge in [0.25, 0.3) is 5.91 Å². The molecule has 8 heteroatoms. The number of para-hydroxylation sites is 1. The van der Waals surface area contributed by atoms with Crippen LogP contribution in [-0.2, 0) is 26.9 Å².